The monoisotopic (exact) mass is 350 g/mol. The molecule has 0 aliphatic carbocycles. The van der Waals surface area contributed by atoms with Gasteiger partial charge in [0.15, 0.2) is 11.5 Å². The predicted octanol–water partition coefficient (Wildman–Crippen LogP) is 3.04. The van der Waals surface area contributed by atoms with Crippen molar-refractivity contribution < 1.29 is 14.3 Å². The van der Waals surface area contributed by atoms with Crippen LogP contribution < -0.4 is 14.8 Å². The molecule has 1 N–H and O–H groups in total. The van der Waals surface area contributed by atoms with Gasteiger partial charge >= 0.3 is 0 Å². The number of benzene rings is 1. The van der Waals surface area contributed by atoms with Gasteiger partial charge in [-0.25, -0.2) is 4.98 Å². The van der Waals surface area contributed by atoms with Gasteiger partial charge in [0.1, 0.15) is 5.82 Å². The van der Waals surface area contributed by atoms with Crippen molar-refractivity contribution in [1.82, 2.24) is 4.98 Å². The first-order chi connectivity index (χ1) is 10.1. The lowest BCUT2D eigenvalue weighted by atomic mass is 10.1. The molecule has 0 aliphatic rings. The fraction of sp³-hybridized carbons (Fsp3) is 0.200. The lowest BCUT2D eigenvalue weighted by molar-refractivity contribution is -0.115. The number of halogens is 1. The van der Waals surface area contributed by atoms with Crippen LogP contribution in [0.15, 0.2) is 41.0 Å². The first kappa shape index (κ1) is 15.3. The highest BCUT2D eigenvalue weighted by Gasteiger charge is 2.10. The van der Waals surface area contributed by atoms with E-state index < -0.39 is 0 Å². The topological polar surface area (TPSA) is 60.5 Å². The number of hydrogen-bond acceptors (Lipinski definition) is 4. The van der Waals surface area contributed by atoms with Crippen molar-refractivity contribution in [2.45, 2.75) is 6.42 Å². The number of hydrogen-bond donors (Lipinski definition) is 1. The van der Waals surface area contributed by atoms with Gasteiger partial charge < -0.3 is 14.8 Å². The summed E-state index contributed by atoms with van der Waals surface area (Å²) in [7, 11) is 3.13. The van der Waals surface area contributed by atoms with E-state index in [9.17, 15) is 4.79 Å². The number of rotatable bonds is 5. The highest BCUT2D eigenvalue weighted by Crippen LogP contribution is 2.28. The van der Waals surface area contributed by atoms with Crippen molar-refractivity contribution in [2.75, 3.05) is 19.5 Å². The Balaban J connectivity index is 2.08. The number of aromatic nitrogens is 1. The van der Waals surface area contributed by atoms with Crippen LogP contribution in [0.25, 0.3) is 0 Å². The second-order valence-electron chi connectivity index (χ2n) is 4.25. The largest absolute Gasteiger partial charge is 0.493 e. The van der Waals surface area contributed by atoms with Crippen molar-refractivity contribution in [2.24, 2.45) is 0 Å². The molecule has 0 fully saturated rings. The average Bonchev–Trinajstić information content (AvgIpc) is 2.49. The SMILES string of the molecule is COc1ccc(CC(=O)Nc2ncccc2Br)cc1OC. The third-order valence-corrected chi connectivity index (χ3v) is 3.47. The van der Waals surface area contributed by atoms with Crippen LogP contribution in [0, 0.1) is 0 Å². The Morgan fingerprint density at radius 3 is 2.67 bits per heavy atom. The molecule has 21 heavy (non-hydrogen) atoms. The Morgan fingerprint density at radius 1 is 1.24 bits per heavy atom. The zero-order chi connectivity index (χ0) is 15.2. The van der Waals surface area contributed by atoms with Crippen LogP contribution in [0.3, 0.4) is 0 Å². The molecule has 0 atom stereocenters. The number of anilines is 1. The number of amides is 1. The van der Waals surface area contributed by atoms with Crippen LogP contribution in [0.1, 0.15) is 5.56 Å². The van der Waals surface area contributed by atoms with Crippen molar-refractivity contribution in [1.29, 1.82) is 0 Å². The minimum absolute atomic E-state index is 0.151. The highest BCUT2D eigenvalue weighted by atomic mass is 79.9. The van der Waals surface area contributed by atoms with Crippen LogP contribution in [0.2, 0.25) is 0 Å². The molecule has 0 radical (unpaired) electrons. The van der Waals surface area contributed by atoms with Crippen molar-refractivity contribution in [3.63, 3.8) is 0 Å². The molecule has 2 rings (SSSR count). The number of methoxy groups -OCH3 is 2. The summed E-state index contributed by atoms with van der Waals surface area (Å²) in [6, 6.07) is 8.99. The maximum absolute atomic E-state index is 12.0. The van der Waals surface area contributed by atoms with Gasteiger partial charge in [0.2, 0.25) is 5.91 Å². The van der Waals surface area contributed by atoms with Gasteiger partial charge in [-0.3, -0.25) is 4.79 Å². The van der Waals surface area contributed by atoms with Crippen LogP contribution >= 0.6 is 15.9 Å². The average molecular weight is 351 g/mol. The van der Waals surface area contributed by atoms with E-state index in [4.69, 9.17) is 9.47 Å². The number of nitrogens with one attached hydrogen (secondary N) is 1. The van der Waals surface area contributed by atoms with Gasteiger partial charge in [0, 0.05) is 6.20 Å². The van der Waals surface area contributed by atoms with E-state index in [-0.39, 0.29) is 12.3 Å². The van der Waals surface area contributed by atoms with E-state index in [0.717, 1.165) is 10.0 Å². The molecule has 110 valence electrons. The van der Waals surface area contributed by atoms with E-state index in [2.05, 4.69) is 26.2 Å². The van der Waals surface area contributed by atoms with E-state index in [0.29, 0.717) is 17.3 Å². The lowest BCUT2D eigenvalue weighted by Crippen LogP contribution is -2.15. The van der Waals surface area contributed by atoms with Crippen molar-refractivity contribution in [3.05, 3.63) is 46.6 Å². The molecule has 0 saturated carbocycles. The molecule has 6 heteroatoms. The lowest BCUT2D eigenvalue weighted by Gasteiger charge is -2.10. The number of ether oxygens (including phenoxy) is 2. The van der Waals surface area contributed by atoms with Crippen LogP contribution in [0.4, 0.5) is 5.82 Å². The second-order valence-corrected chi connectivity index (χ2v) is 5.10. The van der Waals surface area contributed by atoms with Gasteiger partial charge in [-0.2, -0.15) is 0 Å². The first-order valence-electron chi connectivity index (χ1n) is 6.25. The fourth-order valence-electron chi connectivity index (χ4n) is 1.83. The molecular formula is C15H15BrN2O3. The molecule has 2 aromatic rings. The van der Waals surface area contributed by atoms with E-state index in [1.165, 1.54) is 0 Å². The molecule has 1 amide bonds. The summed E-state index contributed by atoms with van der Waals surface area (Å²) in [5.41, 5.74) is 0.831. The quantitative estimate of drug-likeness (QED) is 0.900. The summed E-state index contributed by atoms with van der Waals surface area (Å²) in [4.78, 5) is 16.1. The standard InChI is InChI=1S/C15H15BrN2O3/c1-20-12-6-5-10(8-13(12)21-2)9-14(19)18-15-11(16)4-3-7-17-15/h3-8H,9H2,1-2H3,(H,17,18,19). The Labute approximate surface area is 131 Å². The molecule has 5 nitrogen and oxygen atoms in total. The molecular weight excluding hydrogens is 336 g/mol. The summed E-state index contributed by atoms with van der Waals surface area (Å²) < 4.78 is 11.1. The molecule has 0 aliphatic heterocycles. The molecule has 0 unspecified atom stereocenters. The van der Waals surface area contributed by atoms with E-state index in [1.807, 2.05) is 12.1 Å². The predicted molar refractivity (Wildman–Crippen MR) is 83.8 cm³/mol. The van der Waals surface area contributed by atoms with Gasteiger partial charge in [-0.05, 0) is 45.8 Å². The van der Waals surface area contributed by atoms with Crippen LogP contribution in [-0.2, 0) is 11.2 Å². The molecule has 1 aromatic heterocycles. The molecule has 1 aromatic carbocycles. The summed E-state index contributed by atoms with van der Waals surface area (Å²) >= 11 is 3.34. The van der Waals surface area contributed by atoms with Gasteiger partial charge in [-0.1, -0.05) is 6.07 Å². The molecule has 0 spiro atoms. The summed E-state index contributed by atoms with van der Waals surface area (Å²) in [5, 5.41) is 2.76. The number of nitrogens with zero attached hydrogens (tertiary/aromatic N) is 1. The molecule has 0 bridgehead atoms. The second kappa shape index (κ2) is 7.08. The fourth-order valence-corrected chi connectivity index (χ4v) is 2.18. The summed E-state index contributed by atoms with van der Waals surface area (Å²) in [6.07, 6.45) is 1.85. The summed E-state index contributed by atoms with van der Waals surface area (Å²) in [6.45, 7) is 0. The first-order valence-corrected chi connectivity index (χ1v) is 7.04. The van der Waals surface area contributed by atoms with E-state index >= 15 is 0 Å². The van der Waals surface area contributed by atoms with Gasteiger partial charge in [0.05, 0.1) is 25.1 Å². The smallest absolute Gasteiger partial charge is 0.229 e. The Kier molecular flexibility index (Phi) is 5.16. The zero-order valence-corrected chi connectivity index (χ0v) is 13.3. The Hall–Kier alpha value is -2.08. The van der Waals surface area contributed by atoms with E-state index in [1.54, 1.807) is 38.6 Å². The number of carbonyl (C=O) groups excluding carboxylic acids is 1. The van der Waals surface area contributed by atoms with Crippen LogP contribution in [0.5, 0.6) is 11.5 Å². The maximum atomic E-state index is 12.0. The third-order valence-electron chi connectivity index (χ3n) is 2.83. The van der Waals surface area contributed by atoms with Gasteiger partial charge in [-0.15, -0.1) is 0 Å². The molecule has 1 heterocycles. The Morgan fingerprint density at radius 2 is 2.00 bits per heavy atom. The third kappa shape index (κ3) is 3.95. The van der Waals surface area contributed by atoms with Gasteiger partial charge in [0.25, 0.3) is 0 Å². The maximum Gasteiger partial charge on any atom is 0.229 e. The summed E-state index contributed by atoms with van der Waals surface area (Å²) in [5.74, 6) is 1.58. The minimum atomic E-state index is -0.151. The minimum Gasteiger partial charge on any atom is -0.493 e. The molecule has 0 saturated heterocycles. The number of carbonyl (C=O) groups is 1. The number of pyridine rings is 1. The van der Waals surface area contributed by atoms with Crippen molar-refractivity contribution in [3.8, 4) is 11.5 Å². The zero-order valence-electron chi connectivity index (χ0n) is 11.7. The van der Waals surface area contributed by atoms with Crippen molar-refractivity contribution >= 4 is 27.7 Å². The Bertz CT molecular complexity index is 647. The highest BCUT2D eigenvalue weighted by molar-refractivity contribution is 9.10. The van der Waals surface area contributed by atoms with Crippen LogP contribution in [-0.4, -0.2) is 25.1 Å². The normalized spacial score (nSPS) is 10.0.